The fourth-order valence-electron chi connectivity index (χ4n) is 1.35. The molecular formula is C9H9BrN. The molecule has 1 aliphatic rings. The normalized spacial score (nSPS) is 22.1. The first-order valence-electron chi connectivity index (χ1n) is 3.78. The van der Waals surface area contributed by atoms with Gasteiger partial charge in [0.15, 0.2) is 0 Å². The van der Waals surface area contributed by atoms with Gasteiger partial charge >= 0.3 is 0 Å². The van der Waals surface area contributed by atoms with Gasteiger partial charge in [-0.05, 0) is 18.1 Å². The fraction of sp³-hybridized carbons (Fsp3) is 0.333. The van der Waals surface area contributed by atoms with E-state index in [0.29, 0.717) is 4.83 Å². The molecule has 1 nitrogen and oxygen atoms in total. The summed E-state index contributed by atoms with van der Waals surface area (Å²) >= 11 is 3.63. The van der Waals surface area contributed by atoms with Crippen LogP contribution in [0.5, 0.6) is 0 Å². The molecule has 0 aromatic heterocycles. The molecule has 0 saturated heterocycles. The van der Waals surface area contributed by atoms with Crippen LogP contribution < -0.4 is 5.32 Å². The van der Waals surface area contributed by atoms with Gasteiger partial charge in [0.2, 0.25) is 0 Å². The smallest absolute Gasteiger partial charge is 0.0617 e. The molecule has 0 amide bonds. The molecule has 1 atom stereocenters. The van der Waals surface area contributed by atoms with Crippen LogP contribution in [-0.4, -0.2) is 6.54 Å². The van der Waals surface area contributed by atoms with E-state index >= 15 is 0 Å². The van der Waals surface area contributed by atoms with Crippen molar-refractivity contribution < 1.29 is 0 Å². The SMILES string of the molecule is BrC1CC[N]c2ccccc21. The summed E-state index contributed by atoms with van der Waals surface area (Å²) in [6.45, 7) is 0.951. The van der Waals surface area contributed by atoms with Crippen LogP contribution in [0, 0.1) is 0 Å². The Morgan fingerprint density at radius 1 is 1.36 bits per heavy atom. The van der Waals surface area contributed by atoms with Crippen molar-refractivity contribution in [2.75, 3.05) is 6.54 Å². The molecule has 0 saturated carbocycles. The molecule has 2 rings (SSSR count). The predicted molar refractivity (Wildman–Crippen MR) is 49.4 cm³/mol. The summed E-state index contributed by atoms with van der Waals surface area (Å²) in [4.78, 5) is 0.510. The lowest BCUT2D eigenvalue weighted by molar-refractivity contribution is 0.700. The second-order valence-electron chi connectivity index (χ2n) is 2.70. The number of nitrogens with zero attached hydrogens (tertiary/aromatic N) is 1. The number of rotatable bonds is 0. The predicted octanol–water partition coefficient (Wildman–Crippen LogP) is 2.76. The van der Waals surface area contributed by atoms with Crippen molar-refractivity contribution in [1.29, 1.82) is 0 Å². The molecule has 11 heavy (non-hydrogen) atoms. The van der Waals surface area contributed by atoms with Crippen molar-refractivity contribution in [2.45, 2.75) is 11.2 Å². The monoisotopic (exact) mass is 210 g/mol. The third-order valence-corrected chi connectivity index (χ3v) is 2.89. The number of hydrogen-bond acceptors (Lipinski definition) is 0. The van der Waals surface area contributed by atoms with Crippen LogP contribution >= 0.6 is 15.9 Å². The van der Waals surface area contributed by atoms with Crippen LogP contribution in [0.15, 0.2) is 24.3 Å². The third-order valence-electron chi connectivity index (χ3n) is 1.94. The molecule has 0 N–H and O–H groups in total. The number of fused-ring (bicyclic) bond motifs is 1. The first-order valence-corrected chi connectivity index (χ1v) is 4.70. The van der Waals surface area contributed by atoms with Crippen LogP contribution in [0.2, 0.25) is 0 Å². The molecular weight excluding hydrogens is 202 g/mol. The number of hydrogen-bond donors (Lipinski definition) is 0. The van der Waals surface area contributed by atoms with Gasteiger partial charge in [-0.2, -0.15) is 0 Å². The molecule has 1 aromatic rings. The maximum atomic E-state index is 4.41. The molecule has 2 heteroatoms. The lowest BCUT2D eigenvalue weighted by Crippen LogP contribution is -2.11. The van der Waals surface area contributed by atoms with Crippen LogP contribution in [0.1, 0.15) is 16.8 Å². The topological polar surface area (TPSA) is 14.1 Å². The summed E-state index contributed by atoms with van der Waals surface area (Å²) in [5.41, 5.74) is 2.49. The minimum Gasteiger partial charge on any atom is -0.285 e. The van der Waals surface area contributed by atoms with Crippen molar-refractivity contribution in [2.24, 2.45) is 0 Å². The van der Waals surface area contributed by atoms with E-state index in [-0.39, 0.29) is 0 Å². The maximum absolute atomic E-state index is 4.41. The van der Waals surface area contributed by atoms with Gasteiger partial charge in [-0.3, -0.25) is 5.32 Å². The standard InChI is InChI=1S/C9H9BrN/c10-8-5-6-11-9-4-2-1-3-7(8)9/h1-4,8H,5-6H2. The zero-order chi connectivity index (χ0) is 7.68. The molecule has 1 unspecified atom stereocenters. The Labute approximate surface area is 74.9 Å². The molecule has 0 bridgehead atoms. The first kappa shape index (κ1) is 7.17. The lowest BCUT2D eigenvalue weighted by Gasteiger charge is -2.19. The average Bonchev–Trinajstić information content (AvgIpc) is 2.06. The molecule has 0 aliphatic carbocycles. The van der Waals surface area contributed by atoms with Gasteiger partial charge in [-0.25, -0.2) is 0 Å². The van der Waals surface area contributed by atoms with E-state index < -0.39 is 0 Å². The summed E-state index contributed by atoms with van der Waals surface area (Å²) in [7, 11) is 0. The van der Waals surface area contributed by atoms with Crippen LogP contribution in [-0.2, 0) is 0 Å². The number of halogens is 1. The minimum absolute atomic E-state index is 0.510. The Bertz CT molecular complexity index is 259. The maximum Gasteiger partial charge on any atom is 0.0617 e. The number of benzene rings is 1. The van der Waals surface area contributed by atoms with Crippen molar-refractivity contribution >= 4 is 21.6 Å². The van der Waals surface area contributed by atoms with Gasteiger partial charge < -0.3 is 0 Å². The Hall–Kier alpha value is -0.500. The molecule has 57 valence electrons. The second kappa shape index (κ2) is 2.86. The van der Waals surface area contributed by atoms with E-state index in [2.05, 4.69) is 39.4 Å². The average molecular weight is 211 g/mol. The van der Waals surface area contributed by atoms with Gasteiger partial charge in [0.05, 0.1) is 5.69 Å². The Morgan fingerprint density at radius 2 is 2.18 bits per heavy atom. The Balaban J connectivity index is 2.44. The summed E-state index contributed by atoms with van der Waals surface area (Å²) in [5, 5.41) is 4.41. The summed E-state index contributed by atoms with van der Waals surface area (Å²) in [5.74, 6) is 0. The molecule has 0 fully saturated rings. The van der Waals surface area contributed by atoms with E-state index in [1.54, 1.807) is 0 Å². The highest BCUT2D eigenvalue weighted by atomic mass is 79.9. The van der Waals surface area contributed by atoms with Gasteiger partial charge in [-0.1, -0.05) is 34.1 Å². The van der Waals surface area contributed by atoms with E-state index in [9.17, 15) is 0 Å². The summed E-state index contributed by atoms with van der Waals surface area (Å²) in [6.07, 6.45) is 1.12. The molecule has 1 aromatic carbocycles. The van der Waals surface area contributed by atoms with Crippen LogP contribution in [0.4, 0.5) is 5.69 Å². The zero-order valence-corrected chi connectivity index (χ0v) is 7.71. The summed E-state index contributed by atoms with van der Waals surface area (Å²) < 4.78 is 0. The summed E-state index contributed by atoms with van der Waals surface area (Å²) in [6, 6.07) is 8.31. The Kier molecular flexibility index (Phi) is 1.86. The zero-order valence-electron chi connectivity index (χ0n) is 6.13. The lowest BCUT2D eigenvalue weighted by atomic mass is 10.0. The van der Waals surface area contributed by atoms with Crippen molar-refractivity contribution in [3.8, 4) is 0 Å². The quantitative estimate of drug-likeness (QED) is 0.586. The highest BCUT2D eigenvalue weighted by Crippen LogP contribution is 2.35. The third kappa shape index (κ3) is 1.27. The highest BCUT2D eigenvalue weighted by molar-refractivity contribution is 9.09. The van der Waals surface area contributed by atoms with E-state index in [1.807, 2.05) is 6.07 Å². The van der Waals surface area contributed by atoms with E-state index in [0.717, 1.165) is 18.7 Å². The second-order valence-corrected chi connectivity index (χ2v) is 3.80. The fourth-order valence-corrected chi connectivity index (χ4v) is 1.94. The van der Waals surface area contributed by atoms with E-state index in [1.165, 1.54) is 5.56 Å². The number of para-hydroxylation sites is 1. The number of alkyl halides is 1. The molecule has 1 heterocycles. The van der Waals surface area contributed by atoms with Crippen molar-refractivity contribution in [1.82, 2.24) is 5.32 Å². The Morgan fingerprint density at radius 3 is 3.00 bits per heavy atom. The molecule has 1 radical (unpaired) electrons. The van der Waals surface area contributed by atoms with Gasteiger partial charge in [0.25, 0.3) is 0 Å². The van der Waals surface area contributed by atoms with Crippen LogP contribution in [0.3, 0.4) is 0 Å². The molecule has 1 aliphatic heterocycles. The van der Waals surface area contributed by atoms with E-state index in [4.69, 9.17) is 0 Å². The van der Waals surface area contributed by atoms with Crippen molar-refractivity contribution in [3.63, 3.8) is 0 Å². The highest BCUT2D eigenvalue weighted by Gasteiger charge is 2.16. The minimum atomic E-state index is 0.510. The first-order chi connectivity index (χ1) is 5.38. The van der Waals surface area contributed by atoms with Gasteiger partial charge in [-0.15, -0.1) is 0 Å². The van der Waals surface area contributed by atoms with Gasteiger partial charge in [0.1, 0.15) is 0 Å². The largest absolute Gasteiger partial charge is 0.285 e. The molecule has 0 spiro atoms. The van der Waals surface area contributed by atoms with Crippen LogP contribution in [0.25, 0.3) is 0 Å². The van der Waals surface area contributed by atoms with Crippen molar-refractivity contribution in [3.05, 3.63) is 29.8 Å². The van der Waals surface area contributed by atoms with Gasteiger partial charge in [0, 0.05) is 11.4 Å².